The van der Waals surface area contributed by atoms with Crippen molar-refractivity contribution in [1.29, 1.82) is 0 Å². The summed E-state index contributed by atoms with van der Waals surface area (Å²) in [6, 6.07) is 0. The van der Waals surface area contributed by atoms with Crippen molar-refractivity contribution in [2.24, 2.45) is 7.05 Å². The highest BCUT2D eigenvalue weighted by molar-refractivity contribution is 5.71. The molecule has 2 rings (SSSR count). The Balaban J connectivity index is 2.60. The number of nitrogen functional groups attached to an aromatic ring is 1. The largest absolute Gasteiger partial charge is 0.394 e. The average molecular weight is 292 g/mol. The lowest BCUT2D eigenvalue weighted by Gasteiger charge is -2.11. The number of benzene rings is 1. The number of nitrogens with two attached hydrogens (primary N) is 1. The van der Waals surface area contributed by atoms with Crippen LogP contribution in [0.1, 0.15) is 5.69 Å². The second kappa shape index (κ2) is 4.66. The monoisotopic (exact) mass is 292 g/mol. The molecule has 9 heteroatoms. The zero-order valence-electron chi connectivity index (χ0n) is 10.4. The highest BCUT2D eigenvalue weighted by Gasteiger charge is 2.27. The minimum absolute atomic E-state index is 0.0384. The van der Waals surface area contributed by atoms with Gasteiger partial charge in [0.05, 0.1) is 11.4 Å². The van der Waals surface area contributed by atoms with Crippen LogP contribution >= 0.6 is 0 Å². The molecule has 0 aliphatic rings. The fourth-order valence-corrected chi connectivity index (χ4v) is 1.66. The van der Waals surface area contributed by atoms with Gasteiger partial charge in [0.25, 0.3) is 0 Å². The minimum atomic E-state index is -2.22. The van der Waals surface area contributed by atoms with Crippen molar-refractivity contribution in [3.05, 3.63) is 34.8 Å². The smallest absolute Gasteiger partial charge is 0.200 e. The molecule has 1 aromatic carbocycles. The Morgan fingerprint density at radius 1 is 0.950 bits per heavy atom. The van der Waals surface area contributed by atoms with Gasteiger partial charge in [-0.25, -0.2) is 22.0 Å². The van der Waals surface area contributed by atoms with Crippen molar-refractivity contribution in [2.45, 2.75) is 6.92 Å². The van der Waals surface area contributed by atoms with Crippen LogP contribution in [0.15, 0.2) is 0 Å². The summed E-state index contributed by atoms with van der Waals surface area (Å²) < 4.78 is 67.2. The molecule has 0 fully saturated rings. The van der Waals surface area contributed by atoms with Gasteiger partial charge in [0.15, 0.2) is 29.1 Å². The van der Waals surface area contributed by atoms with Crippen LogP contribution in [0.25, 0.3) is 0 Å². The van der Waals surface area contributed by atoms with Crippen LogP contribution in [-0.2, 0) is 7.05 Å². The lowest BCUT2D eigenvalue weighted by molar-refractivity contribution is 0.382. The average Bonchev–Trinajstić information content (AvgIpc) is 2.65. The van der Waals surface area contributed by atoms with Crippen molar-refractivity contribution in [2.75, 3.05) is 11.1 Å². The summed E-state index contributed by atoms with van der Waals surface area (Å²) in [5.41, 5.74) is 4.81. The molecule has 1 heterocycles. The zero-order chi connectivity index (χ0) is 15.2. The number of aromatic nitrogens is 2. The summed E-state index contributed by atoms with van der Waals surface area (Å²) in [5.74, 6) is -10.3. The van der Waals surface area contributed by atoms with Crippen molar-refractivity contribution in [3.63, 3.8) is 0 Å². The van der Waals surface area contributed by atoms with Crippen LogP contribution in [0, 0.1) is 36.0 Å². The first-order chi connectivity index (χ1) is 9.25. The van der Waals surface area contributed by atoms with E-state index in [9.17, 15) is 22.0 Å². The van der Waals surface area contributed by atoms with Crippen molar-refractivity contribution in [1.82, 2.24) is 9.78 Å². The number of halogens is 5. The molecule has 0 amide bonds. The quantitative estimate of drug-likeness (QED) is 0.508. The SMILES string of the molecule is Cc1nn(C)c(Nc2c(F)c(F)c(F)c(F)c2F)c1N. The van der Waals surface area contributed by atoms with Gasteiger partial charge in [-0.1, -0.05) is 0 Å². The third kappa shape index (κ3) is 1.95. The second-order valence-corrected chi connectivity index (χ2v) is 4.04. The molecule has 0 aliphatic heterocycles. The first-order valence-corrected chi connectivity index (χ1v) is 5.33. The standard InChI is InChI=1S/C11H9F5N4/c1-3-9(17)11(20(2)19-3)18-10-7(15)5(13)4(12)6(14)8(10)16/h18H,17H2,1-2H3. The molecule has 108 valence electrons. The molecular weight excluding hydrogens is 283 g/mol. The van der Waals surface area contributed by atoms with Crippen LogP contribution in [0.3, 0.4) is 0 Å². The summed E-state index contributed by atoms with van der Waals surface area (Å²) in [7, 11) is 1.40. The molecule has 0 saturated heterocycles. The van der Waals surface area contributed by atoms with Gasteiger partial charge in [0.1, 0.15) is 5.69 Å². The maximum absolute atomic E-state index is 13.5. The number of anilines is 3. The predicted octanol–water partition coefficient (Wildman–Crippen LogP) is 2.75. The molecular formula is C11H9F5N4. The van der Waals surface area contributed by atoms with Gasteiger partial charge >= 0.3 is 0 Å². The van der Waals surface area contributed by atoms with E-state index in [0.29, 0.717) is 5.69 Å². The van der Waals surface area contributed by atoms with E-state index < -0.39 is 34.8 Å². The number of hydrogen-bond donors (Lipinski definition) is 2. The lowest BCUT2D eigenvalue weighted by atomic mass is 10.2. The summed E-state index contributed by atoms with van der Waals surface area (Å²) in [4.78, 5) is 0. The van der Waals surface area contributed by atoms with Crippen LogP contribution in [-0.4, -0.2) is 9.78 Å². The van der Waals surface area contributed by atoms with Gasteiger partial charge in [-0.05, 0) is 6.92 Å². The molecule has 4 nitrogen and oxygen atoms in total. The van der Waals surface area contributed by atoms with E-state index in [1.54, 1.807) is 0 Å². The molecule has 0 bridgehead atoms. The second-order valence-electron chi connectivity index (χ2n) is 4.04. The summed E-state index contributed by atoms with van der Waals surface area (Å²) in [6.07, 6.45) is 0. The Labute approximate surface area is 110 Å². The molecule has 1 aromatic heterocycles. The van der Waals surface area contributed by atoms with Crippen LogP contribution < -0.4 is 11.1 Å². The van der Waals surface area contributed by atoms with E-state index in [1.165, 1.54) is 14.0 Å². The zero-order valence-corrected chi connectivity index (χ0v) is 10.4. The van der Waals surface area contributed by atoms with Gasteiger partial charge in [-0.15, -0.1) is 0 Å². The topological polar surface area (TPSA) is 55.9 Å². The Bertz CT molecular complexity index is 666. The van der Waals surface area contributed by atoms with Crippen molar-refractivity contribution < 1.29 is 22.0 Å². The van der Waals surface area contributed by atoms with Gasteiger partial charge in [0.2, 0.25) is 5.82 Å². The maximum Gasteiger partial charge on any atom is 0.200 e. The molecule has 2 aromatic rings. The van der Waals surface area contributed by atoms with E-state index in [0.717, 1.165) is 4.68 Å². The predicted molar refractivity (Wildman–Crippen MR) is 61.9 cm³/mol. The molecule has 20 heavy (non-hydrogen) atoms. The Morgan fingerprint density at radius 3 is 1.80 bits per heavy atom. The molecule has 0 radical (unpaired) electrons. The van der Waals surface area contributed by atoms with E-state index in [2.05, 4.69) is 10.4 Å². The van der Waals surface area contributed by atoms with Gasteiger partial charge in [-0.2, -0.15) is 5.10 Å². The Morgan fingerprint density at radius 2 is 1.40 bits per heavy atom. The Hall–Kier alpha value is -2.32. The highest BCUT2D eigenvalue weighted by atomic mass is 19.2. The minimum Gasteiger partial charge on any atom is -0.394 e. The number of aryl methyl sites for hydroxylation is 2. The molecule has 0 atom stereocenters. The summed E-state index contributed by atoms with van der Waals surface area (Å²) in [6.45, 7) is 1.53. The normalized spacial score (nSPS) is 10.9. The number of hydrogen-bond acceptors (Lipinski definition) is 3. The Kier molecular flexibility index (Phi) is 3.28. The van der Waals surface area contributed by atoms with Crippen LogP contribution in [0.4, 0.5) is 39.1 Å². The third-order valence-electron chi connectivity index (χ3n) is 2.72. The third-order valence-corrected chi connectivity index (χ3v) is 2.72. The van der Waals surface area contributed by atoms with Gasteiger partial charge < -0.3 is 11.1 Å². The molecule has 0 aliphatic carbocycles. The van der Waals surface area contributed by atoms with Crippen LogP contribution in [0.5, 0.6) is 0 Å². The number of nitrogens with zero attached hydrogens (tertiary/aromatic N) is 2. The first-order valence-electron chi connectivity index (χ1n) is 5.33. The fraction of sp³-hybridized carbons (Fsp3) is 0.182. The summed E-state index contributed by atoms with van der Waals surface area (Å²) >= 11 is 0. The van der Waals surface area contributed by atoms with Gasteiger partial charge in [0, 0.05) is 7.05 Å². The van der Waals surface area contributed by atoms with Crippen molar-refractivity contribution >= 4 is 17.2 Å². The molecule has 0 spiro atoms. The number of nitrogens with one attached hydrogen (secondary N) is 1. The first kappa shape index (κ1) is 14.1. The van der Waals surface area contributed by atoms with E-state index in [-0.39, 0.29) is 11.5 Å². The highest BCUT2D eigenvalue weighted by Crippen LogP contribution is 2.32. The summed E-state index contributed by atoms with van der Waals surface area (Å²) in [5, 5.41) is 5.94. The van der Waals surface area contributed by atoms with Crippen molar-refractivity contribution in [3.8, 4) is 0 Å². The fourth-order valence-electron chi connectivity index (χ4n) is 1.66. The molecule has 3 N–H and O–H groups in total. The molecule has 0 unspecified atom stereocenters. The molecule has 0 saturated carbocycles. The lowest BCUT2D eigenvalue weighted by Crippen LogP contribution is -2.09. The maximum atomic E-state index is 13.5. The van der Waals surface area contributed by atoms with Gasteiger partial charge in [-0.3, -0.25) is 4.68 Å². The van der Waals surface area contributed by atoms with Crippen LogP contribution in [0.2, 0.25) is 0 Å². The van der Waals surface area contributed by atoms with E-state index in [1.807, 2.05) is 0 Å². The van der Waals surface area contributed by atoms with E-state index in [4.69, 9.17) is 5.73 Å². The number of rotatable bonds is 2. The van der Waals surface area contributed by atoms with E-state index >= 15 is 0 Å².